The predicted octanol–water partition coefficient (Wildman–Crippen LogP) is 4.86. The molecule has 0 aliphatic carbocycles. The maximum atomic E-state index is 13.9. The first kappa shape index (κ1) is 36.3. The molecule has 0 spiro atoms. The standard InChI is InChI=1S/C35H45ClN2O9/c1-8-9-10-11-15-30(40)46-28-19-29(39)38(5)24-17-23(18-25(43-6)31(24)36)16-21(2)13-12-14-27(44-7)35(42)20-26(45-33(41)37-35)22(3)32-34(28,4)47-32/h1,12-14,17-18,22,26-28,32,42H,9-11,15-16,19-20H2,2-7H3,(H,37,41)/b14-12+,21-13+/t22-,26+,27-,28+,32+,34-,35+/m1/s1. The molecule has 0 unspecified atom stereocenters. The molecule has 3 heterocycles. The van der Waals surface area contributed by atoms with Crippen LogP contribution in [0.25, 0.3) is 0 Å². The number of hydrogen-bond acceptors (Lipinski definition) is 9. The molecule has 11 nitrogen and oxygen atoms in total. The molecule has 1 aromatic carbocycles. The van der Waals surface area contributed by atoms with Gasteiger partial charge in [-0.3, -0.25) is 14.9 Å². The Hall–Kier alpha value is -3.56. The van der Waals surface area contributed by atoms with Crippen molar-refractivity contribution < 1.29 is 43.2 Å². The van der Waals surface area contributed by atoms with E-state index in [1.54, 1.807) is 26.1 Å². The minimum Gasteiger partial charge on any atom is -0.495 e. The Labute approximate surface area is 281 Å². The van der Waals surface area contributed by atoms with Gasteiger partial charge in [-0.15, -0.1) is 12.3 Å². The largest absolute Gasteiger partial charge is 0.495 e. The molecular formula is C35H45ClN2O9. The summed E-state index contributed by atoms with van der Waals surface area (Å²) < 4.78 is 28.9. The summed E-state index contributed by atoms with van der Waals surface area (Å²) >= 11 is 6.71. The second-order valence-corrected chi connectivity index (χ2v) is 13.1. The second kappa shape index (κ2) is 15.1. The topological polar surface area (TPSA) is 136 Å². The van der Waals surface area contributed by atoms with Crippen molar-refractivity contribution in [2.75, 3.05) is 26.2 Å². The van der Waals surface area contributed by atoms with E-state index in [2.05, 4.69) is 11.2 Å². The summed E-state index contributed by atoms with van der Waals surface area (Å²) in [6.45, 7) is 5.53. The van der Waals surface area contributed by atoms with Crippen molar-refractivity contribution in [2.24, 2.45) is 5.92 Å². The molecule has 0 radical (unpaired) electrons. The lowest BCUT2D eigenvalue weighted by Gasteiger charge is -2.42. The highest BCUT2D eigenvalue weighted by atomic mass is 35.5. The minimum absolute atomic E-state index is 0.00712. The third-order valence-electron chi connectivity index (χ3n) is 9.18. The summed E-state index contributed by atoms with van der Waals surface area (Å²) in [7, 11) is 4.56. The van der Waals surface area contributed by atoms with E-state index in [-0.39, 0.29) is 30.2 Å². The van der Waals surface area contributed by atoms with E-state index in [1.807, 2.05) is 32.1 Å². The zero-order chi connectivity index (χ0) is 34.5. The van der Waals surface area contributed by atoms with Gasteiger partial charge in [0.15, 0.2) is 5.72 Å². The van der Waals surface area contributed by atoms with Crippen molar-refractivity contribution in [3.8, 4) is 18.1 Å². The third-order valence-corrected chi connectivity index (χ3v) is 9.56. The summed E-state index contributed by atoms with van der Waals surface area (Å²) in [6.07, 6.45) is 8.75. The normalized spacial score (nSPS) is 32.9. The lowest BCUT2D eigenvalue weighted by molar-refractivity contribution is -0.154. The fourth-order valence-electron chi connectivity index (χ4n) is 6.32. The molecule has 7 atom stereocenters. The van der Waals surface area contributed by atoms with E-state index >= 15 is 0 Å². The number of halogens is 1. The Morgan fingerprint density at radius 1 is 1.28 bits per heavy atom. The monoisotopic (exact) mass is 672 g/mol. The number of benzene rings is 1. The van der Waals surface area contributed by atoms with Crippen molar-refractivity contribution in [2.45, 2.75) is 101 Å². The number of amides is 2. The van der Waals surface area contributed by atoms with Gasteiger partial charge in [-0.05, 0) is 50.8 Å². The van der Waals surface area contributed by atoms with Crippen molar-refractivity contribution >= 4 is 35.3 Å². The average Bonchev–Trinajstić information content (AvgIpc) is 3.72. The smallest absolute Gasteiger partial charge is 0.409 e. The predicted molar refractivity (Wildman–Crippen MR) is 176 cm³/mol. The summed E-state index contributed by atoms with van der Waals surface area (Å²) in [6, 6.07) is 3.63. The Kier molecular flexibility index (Phi) is 11.7. The fourth-order valence-corrected chi connectivity index (χ4v) is 6.63. The SMILES string of the molecule is C#CCCCCC(=O)O[C@H]1CC(=O)N(C)c2cc(cc(OC)c2Cl)C/C(C)=C/C=C/[C@@H](OC)[C@@]2(O)C[C@H](OC(=O)N2)[C@@H](C)[C@@H]2O[C@]12C. The van der Waals surface area contributed by atoms with E-state index in [0.717, 1.165) is 11.1 Å². The Bertz CT molecular complexity index is 1450. The number of aliphatic hydroxyl groups is 1. The number of rotatable bonds is 7. The van der Waals surface area contributed by atoms with E-state index in [1.165, 1.54) is 19.1 Å². The highest BCUT2D eigenvalue weighted by molar-refractivity contribution is 6.35. The number of hydrogen-bond donors (Lipinski definition) is 2. The number of unbranched alkanes of at least 4 members (excludes halogenated alkanes) is 2. The van der Waals surface area contributed by atoms with Gasteiger partial charge in [0.2, 0.25) is 5.91 Å². The van der Waals surface area contributed by atoms with Crippen LogP contribution in [-0.2, 0) is 35.0 Å². The van der Waals surface area contributed by atoms with E-state index in [4.69, 9.17) is 41.7 Å². The first-order chi connectivity index (χ1) is 22.3. The number of alkyl carbamates (subject to hydrolysis) is 1. The number of epoxide rings is 1. The Morgan fingerprint density at radius 2 is 2.02 bits per heavy atom. The molecule has 4 bridgehead atoms. The molecular weight excluding hydrogens is 628 g/mol. The highest BCUT2D eigenvalue weighted by Gasteiger charge is 2.64. The van der Waals surface area contributed by atoms with E-state index in [9.17, 15) is 19.5 Å². The molecule has 3 aliphatic heterocycles. The molecule has 4 rings (SSSR count). The van der Waals surface area contributed by atoms with Crippen LogP contribution in [-0.4, -0.2) is 80.1 Å². The van der Waals surface area contributed by atoms with Gasteiger partial charge in [-0.25, -0.2) is 4.79 Å². The first-order valence-corrected chi connectivity index (χ1v) is 16.2. The quantitative estimate of drug-likeness (QED) is 0.180. The fraction of sp³-hybridized carbons (Fsp3) is 0.571. The van der Waals surface area contributed by atoms with Crippen molar-refractivity contribution in [3.63, 3.8) is 0 Å². The van der Waals surface area contributed by atoms with Gasteiger partial charge >= 0.3 is 12.1 Å². The molecule has 1 aromatic rings. The number of nitrogens with one attached hydrogen (secondary N) is 1. The number of carbonyl (C=O) groups is 3. The molecule has 47 heavy (non-hydrogen) atoms. The van der Waals surface area contributed by atoms with Gasteiger partial charge in [-0.2, -0.15) is 0 Å². The zero-order valence-electron chi connectivity index (χ0n) is 27.8. The molecule has 256 valence electrons. The number of esters is 1. The molecule has 12 heteroatoms. The summed E-state index contributed by atoms with van der Waals surface area (Å²) in [5, 5.41) is 14.4. The van der Waals surface area contributed by atoms with Gasteiger partial charge in [0, 0.05) is 39.3 Å². The van der Waals surface area contributed by atoms with Crippen molar-refractivity contribution in [1.29, 1.82) is 0 Å². The molecule has 2 fully saturated rings. The Balaban J connectivity index is 1.75. The van der Waals surface area contributed by atoms with Crippen molar-refractivity contribution in [3.05, 3.63) is 46.5 Å². The van der Waals surface area contributed by atoms with Gasteiger partial charge < -0.3 is 33.7 Å². The van der Waals surface area contributed by atoms with Crippen LogP contribution in [0.1, 0.15) is 64.9 Å². The average molecular weight is 673 g/mol. The van der Waals surface area contributed by atoms with Gasteiger partial charge in [-0.1, -0.05) is 42.3 Å². The van der Waals surface area contributed by atoms with Crippen molar-refractivity contribution in [1.82, 2.24) is 5.32 Å². The number of fused-ring (bicyclic) bond motifs is 5. The third kappa shape index (κ3) is 8.30. The minimum atomic E-state index is -1.78. The molecule has 0 saturated carbocycles. The van der Waals surface area contributed by atoms with Crippen LogP contribution in [0.15, 0.2) is 35.9 Å². The molecule has 2 saturated heterocycles. The maximum Gasteiger partial charge on any atom is 0.409 e. The van der Waals surface area contributed by atoms with Gasteiger partial charge in [0.05, 0.1) is 25.3 Å². The highest BCUT2D eigenvalue weighted by Crippen LogP contribution is 2.49. The van der Waals surface area contributed by atoms with Crippen LogP contribution in [0.3, 0.4) is 0 Å². The lowest BCUT2D eigenvalue weighted by atomic mass is 9.83. The van der Waals surface area contributed by atoms with Gasteiger partial charge in [0.25, 0.3) is 0 Å². The Morgan fingerprint density at radius 3 is 2.70 bits per heavy atom. The molecule has 3 aliphatic rings. The van der Waals surface area contributed by atoms with Crippen LogP contribution >= 0.6 is 11.6 Å². The number of anilines is 1. The summed E-state index contributed by atoms with van der Waals surface area (Å²) in [4.78, 5) is 41.1. The number of nitrogens with zero attached hydrogens (tertiary/aromatic N) is 1. The number of carbonyl (C=O) groups excluding carboxylic acids is 3. The van der Waals surface area contributed by atoms with Crippen LogP contribution in [0, 0.1) is 18.3 Å². The molecule has 0 aromatic heterocycles. The van der Waals surface area contributed by atoms with Crippen LogP contribution in [0.2, 0.25) is 5.02 Å². The number of terminal acetylenes is 1. The second-order valence-electron chi connectivity index (χ2n) is 12.7. The number of ether oxygens (including phenoxy) is 5. The van der Waals surface area contributed by atoms with E-state index < -0.39 is 53.7 Å². The molecule has 2 amide bonds. The lowest BCUT2D eigenvalue weighted by Crippen LogP contribution is -2.63. The van der Waals surface area contributed by atoms with Gasteiger partial charge in [0.1, 0.15) is 34.7 Å². The summed E-state index contributed by atoms with van der Waals surface area (Å²) in [5.74, 6) is 1.66. The van der Waals surface area contributed by atoms with Crippen LogP contribution in [0.4, 0.5) is 10.5 Å². The first-order valence-electron chi connectivity index (χ1n) is 15.8. The maximum absolute atomic E-state index is 13.9. The zero-order valence-corrected chi connectivity index (χ0v) is 28.6. The number of methoxy groups -OCH3 is 2. The number of allylic oxidation sites excluding steroid dienone is 3. The van der Waals surface area contributed by atoms with Crippen LogP contribution in [0.5, 0.6) is 5.75 Å². The summed E-state index contributed by atoms with van der Waals surface area (Å²) in [5.41, 5.74) is -0.646. The van der Waals surface area contributed by atoms with E-state index in [0.29, 0.717) is 37.1 Å². The molecule has 2 N–H and O–H groups in total. The van der Waals surface area contributed by atoms with Crippen LogP contribution < -0.4 is 15.0 Å².